The summed E-state index contributed by atoms with van der Waals surface area (Å²) in [6, 6.07) is 3.62. The topological polar surface area (TPSA) is 182 Å². The molecule has 1 aromatic carbocycles. The van der Waals surface area contributed by atoms with Crippen LogP contribution in [-0.4, -0.2) is 90.3 Å². The van der Waals surface area contributed by atoms with Gasteiger partial charge in [-0.15, -0.1) is 0 Å². The number of allylic oxidation sites excluding steroid dienone is 1. The van der Waals surface area contributed by atoms with Crippen LogP contribution in [0, 0.1) is 18.3 Å². The predicted octanol–water partition coefficient (Wildman–Crippen LogP) is 4.75. The van der Waals surface area contributed by atoms with Crippen molar-refractivity contribution in [3.05, 3.63) is 41.6 Å². The van der Waals surface area contributed by atoms with E-state index in [-0.39, 0.29) is 31.4 Å². The summed E-state index contributed by atoms with van der Waals surface area (Å²) in [4.78, 5) is 62.8. The highest BCUT2D eigenvalue weighted by Crippen LogP contribution is 2.49. The SMILES string of the molecule is COc1ccc2nc(C)c3c(c2c1)CC[C@]1(C[C@H]2C(=O)N[C@]4(C(=O)NS(=O)(=O)C5(C)CC5)C[C@H]4/C=C\CCCCC[C@H](NC(=O)OCC(C)(C)C)C(=O)N2C1)O3. The number of ether oxygens (including phenoxy) is 3. The Morgan fingerprint density at radius 3 is 2.59 bits per heavy atom. The average Bonchev–Trinajstić information content (AvgIpc) is 4.04. The number of aromatic nitrogens is 1. The van der Waals surface area contributed by atoms with Crippen molar-refractivity contribution >= 4 is 44.7 Å². The lowest BCUT2D eigenvalue weighted by Crippen LogP contribution is -2.58. The van der Waals surface area contributed by atoms with Crippen LogP contribution < -0.4 is 24.8 Å². The smallest absolute Gasteiger partial charge is 0.407 e. The molecule has 5 aliphatic rings. The quantitative estimate of drug-likeness (QED) is 0.345. The number of carbonyl (C=O) groups excluding carboxylic acids is 4. The molecule has 14 nitrogen and oxygen atoms in total. The minimum Gasteiger partial charge on any atom is -0.497 e. The molecule has 56 heavy (non-hydrogen) atoms. The summed E-state index contributed by atoms with van der Waals surface area (Å²) < 4.78 is 45.6. The lowest BCUT2D eigenvalue weighted by Gasteiger charge is -2.36. The largest absolute Gasteiger partial charge is 0.497 e. The maximum atomic E-state index is 14.8. The van der Waals surface area contributed by atoms with Crippen LogP contribution in [-0.2, 0) is 35.6 Å². The fourth-order valence-electron chi connectivity index (χ4n) is 8.26. The molecule has 0 radical (unpaired) electrons. The number of nitrogens with one attached hydrogen (secondary N) is 3. The van der Waals surface area contributed by atoms with E-state index < -0.39 is 67.7 Å². The zero-order chi connectivity index (χ0) is 40.3. The number of aryl methyl sites for hydroxylation is 2. The highest BCUT2D eigenvalue weighted by Gasteiger charge is 2.64. The maximum Gasteiger partial charge on any atom is 0.407 e. The van der Waals surface area contributed by atoms with Gasteiger partial charge in [-0.1, -0.05) is 45.8 Å². The summed E-state index contributed by atoms with van der Waals surface area (Å²) in [5.41, 5.74) is -0.355. The van der Waals surface area contributed by atoms with Gasteiger partial charge in [-0.25, -0.2) is 18.2 Å². The molecule has 4 amide bonds. The Labute approximate surface area is 328 Å². The third-order valence-electron chi connectivity index (χ3n) is 12.1. The van der Waals surface area contributed by atoms with E-state index in [1.807, 2.05) is 58.0 Å². The predicted molar refractivity (Wildman–Crippen MR) is 208 cm³/mol. The van der Waals surface area contributed by atoms with Crippen LogP contribution in [0.2, 0.25) is 0 Å². The number of sulfonamides is 1. The number of carbonyl (C=O) groups is 4. The zero-order valence-corrected chi connectivity index (χ0v) is 34.1. The number of alkyl carbamates (subject to hydrolysis) is 1. The highest BCUT2D eigenvalue weighted by atomic mass is 32.2. The molecule has 304 valence electrons. The van der Waals surface area contributed by atoms with E-state index in [2.05, 4.69) is 15.4 Å². The fraction of sp³-hybridized carbons (Fsp3) is 0.634. The van der Waals surface area contributed by atoms with Gasteiger partial charge in [0.25, 0.3) is 5.91 Å². The van der Waals surface area contributed by atoms with Crippen LogP contribution in [0.3, 0.4) is 0 Å². The Morgan fingerprint density at radius 2 is 1.88 bits per heavy atom. The molecule has 3 fully saturated rings. The van der Waals surface area contributed by atoms with E-state index in [1.165, 1.54) is 4.90 Å². The number of hydrogen-bond donors (Lipinski definition) is 3. The highest BCUT2D eigenvalue weighted by molar-refractivity contribution is 7.91. The monoisotopic (exact) mass is 793 g/mol. The van der Waals surface area contributed by atoms with E-state index in [9.17, 15) is 27.6 Å². The van der Waals surface area contributed by atoms with E-state index in [4.69, 9.17) is 19.2 Å². The minimum absolute atomic E-state index is 0.0451. The Morgan fingerprint density at radius 1 is 1.11 bits per heavy atom. The first-order chi connectivity index (χ1) is 26.4. The van der Waals surface area contributed by atoms with E-state index in [0.29, 0.717) is 62.1 Å². The summed E-state index contributed by atoms with van der Waals surface area (Å²) in [6.07, 6.45) is 8.63. The molecule has 0 bridgehead atoms. The standard InChI is InChI=1S/C41H55N5O9S/c1-25-33-28(29-20-27(53-6)14-15-30(29)42-25)16-17-40(55-33)22-32-34(47)44-41(36(49)45-56(51,52)39(5)18-19-39)21-26(41)12-10-8-7-9-11-13-31(35(48)46(32)23-40)43-37(50)54-24-38(2,3)4/h10,12,14-15,20,26,31-32H,7-9,11,13,16-19,21-24H2,1-6H3,(H,43,50)(H,44,47)(H,45,49)/b12-10-/t26-,31+,32+,40-,41-/m1/s1. The summed E-state index contributed by atoms with van der Waals surface area (Å²) in [5.74, 6) is -0.976. The maximum absolute atomic E-state index is 14.8. The molecule has 1 spiro atoms. The second-order valence-electron chi connectivity index (χ2n) is 17.9. The van der Waals surface area contributed by atoms with Crippen molar-refractivity contribution in [1.29, 1.82) is 0 Å². The number of benzene rings is 1. The van der Waals surface area contributed by atoms with Gasteiger partial charge in [-0.05, 0) is 88.8 Å². The molecule has 2 aliphatic carbocycles. The normalized spacial score (nSPS) is 29.3. The molecular formula is C41H55N5O9S. The van der Waals surface area contributed by atoms with Crippen LogP contribution in [0.4, 0.5) is 4.79 Å². The first-order valence-electron chi connectivity index (χ1n) is 19.8. The van der Waals surface area contributed by atoms with Crippen molar-refractivity contribution < 1.29 is 41.8 Å². The van der Waals surface area contributed by atoms with Gasteiger partial charge in [0, 0.05) is 23.3 Å². The molecule has 0 unspecified atom stereocenters. The van der Waals surface area contributed by atoms with Crippen molar-refractivity contribution in [2.75, 3.05) is 20.3 Å². The average molecular weight is 794 g/mol. The first-order valence-corrected chi connectivity index (χ1v) is 21.3. The summed E-state index contributed by atoms with van der Waals surface area (Å²) in [5, 5.41) is 6.65. The molecule has 3 aliphatic heterocycles. The number of pyridine rings is 1. The van der Waals surface area contributed by atoms with Crippen molar-refractivity contribution in [3.8, 4) is 11.5 Å². The summed E-state index contributed by atoms with van der Waals surface area (Å²) in [6.45, 7) is 9.48. The lowest BCUT2D eigenvalue weighted by molar-refractivity contribution is -0.141. The number of nitrogens with zero attached hydrogens (tertiary/aromatic N) is 2. The number of fused-ring (bicyclic) bond motifs is 5. The molecule has 2 saturated carbocycles. The van der Waals surface area contributed by atoms with Gasteiger partial charge in [0.05, 0.1) is 36.2 Å². The number of hydrogen-bond acceptors (Lipinski definition) is 10. The third-order valence-corrected chi connectivity index (χ3v) is 14.3. The molecule has 4 heterocycles. The number of amides is 4. The Hall–Kier alpha value is -4.40. The Kier molecular flexibility index (Phi) is 10.3. The van der Waals surface area contributed by atoms with Crippen molar-refractivity contribution in [2.45, 2.75) is 133 Å². The summed E-state index contributed by atoms with van der Waals surface area (Å²) >= 11 is 0. The van der Waals surface area contributed by atoms with E-state index >= 15 is 0 Å². The van der Waals surface area contributed by atoms with Crippen LogP contribution in [0.5, 0.6) is 11.5 Å². The second kappa shape index (κ2) is 14.5. The van der Waals surface area contributed by atoms with Crippen LogP contribution >= 0.6 is 0 Å². The second-order valence-corrected chi connectivity index (χ2v) is 20.1. The van der Waals surface area contributed by atoms with Gasteiger partial charge in [0.15, 0.2) is 0 Å². The van der Waals surface area contributed by atoms with Gasteiger partial charge in [-0.3, -0.25) is 19.1 Å². The molecular weight excluding hydrogens is 739 g/mol. The van der Waals surface area contributed by atoms with E-state index in [0.717, 1.165) is 29.3 Å². The third kappa shape index (κ3) is 7.79. The fourth-order valence-corrected chi connectivity index (χ4v) is 9.58. The van der Waals surface area contributed by atoms with Crippen molar-refractivity contribution in [2.24, 2.45) is 11.3 Å². The minimum atomic E-state index is -3.99. The van der Waals surface area contributed by atoms with Crippen molar-refractivity contribution in [1.82, 2.24) is 25.2 Å². The molecule has 1 saturated heterocycles. The first kappa shape index (κ1) is 39.8. The lowest BCUT2D eigenvalue weighted by atomic mass is 9.87. The molecule has 7 rings (SSSR count). The van der Waals surface area contributed by atoms with E-state index in [1.54, 1.807) is 14.0 Å². The zero-order valence-electron chi connectivity index (χ0n) is 33.3. The number of methoxy groups -OCH3 is 1. The Balaban J connectivity index is 1.23. The molecule has 3 N–H and O–H groups in total. The Bertz CT molecular complexity index is 2080. The van der Waals surface area contributed by atoms with Crippen molar-refractivity contribution in [3.63, 3.8) is 0 Å². The van der Waals surface area contributed by atoms with Gasteiger partial charge < -0.3 is 29.7 Å². The molecule has 5 atom stereocenters. The van der Waals surface area contributed by atoms with Crippen LogP contribution in [0.15, 0.2) is 30.4 Å². The molecule has 1 aromatic heterocycles. The summed E-state index contributed by atoms with van der Waals surface area (Å²) in [7, 11) is -2.38. The van der Waals surface area contributed by atoms with Gasteiger partial charge in [0.1, 0.15) is 34.7 Å². The van der Waals surface area contributed by atoms with Crippen LogP contribution in [0.1, 0.15) is 103 Å². The number of rotatable bonds is 6. The molecule has 2 aromatic rings. The van der Waals surface area contributed by atoms with Crippen LogP contribution in [0.25, 0.3) is 10.9 Å². The van der Waals surface area contributed by atoms with Gasteiger partial charge >= 0.3 is 6.09 Å². The molecule has 15 heteroatoms. The van der Waals surface area contributed by atoms with Gasteiger partial charge in [0.2, 0.25) is 21.8 Å². The van der Waals surface area contributed by atoms with Gasteiger partial charge in [-0.2, -0.15) is 0 Å².